The highest BCUT2D eigenvalue weighted by atomic mass is 16.5. The van der Waals surface area contributed by atoms with Crippen LogP contribution in [0.3, 0.4) is 0 Å². The van der Waals surface area contributed by atoms with Crippen LogP contribution in [0, 0.1) is 0 Å². The highest BCUT2D eigenvalue weighted by Gasteiger charge is 2.34. The van der Waals surface area contributed by atoms with E-state index in [-0.39, 0.29) is 17.6 Å². The Morgan fingerprint density at radius 2 is 1.92 bits per heavy atom. The number of carboxylic acid groups (broad SMARTS) is 1. The molecule has 2 unspecified atom stereocenters. The van der Waals surface area contributed by atoms with Crippen LogP contribution in [0.15, 0.2) is 48.5 Å². The van der Waals surface area contributed by atoms with Crippen LogP contribution in [0.25, 0.3) is 0 Å². The van der Waals surface area contributed by atoms with Gasteiger partial charge in [0.1, 0.15) is 11.9 Å². The lowest BCUT2D eigenvalue weighted by atomic mass is 9.85. The van der Waals surface area contributed by atoms with E-state index < -0.39 is 6.09 Å². The van der Waals surface area contributed by atoms with Crippen LogP contribution in [0.4, 0.5) is 4.79 Å². The summed E-state index contributed by atoms with van der Waals surface area (Å²) in [5.41, 5.74) is 3.40. The third-order valence-electron chi connectivity index (χ3n) is 4.65. The molecule has 0 radical (unpaired) electrons. The molecule has 1 aliphatic rings. The molecule has 0 fully saturated rings. The Labute approximate surface area is 148 Å². The van der Waals surface area contributed by atoms with Gasteiger partial charge < -0.3 is 15.2 Å². The van der Waals surface area contributed by atoms with Crippen LogP contribution in [0.5, 0.6) is 5.75 Å². The zero-order valence-electron chi connectivity index (χ0n) is 15.0. The Kier molecular flexibility index (Phi) is 4.71. The largest absolute Gasteiger partial charge is 0.487 e. The van der Waals surface area contributed by atoms with Gasteiger partial charge in [-0.25, -0.2) is 4.79 Å². The molecule has 0 saturated heterocycles. The van der Waals surface area contributed by atoms with Crippen molar-refractivity contribution >= 4 is 6.09 Å². The number of hydrogen-bond donors (Lipinski definition) is 2. The minimum Gasteiger partial charge on any atom is -0.487 e. The first-order chi connectivity index (χ1) is 11.8. The minimum absolute atomic E-state index is 0.0185. The van der Waals surface area contributed by atoms with E-state index in [0.717, 1.165) is 23.3 Å². The summed E-state index contributed by atoms with van der Waals surface area (Å²) in [5.74, 6) is 0.922. The third-order valence-corrected chi connectivity index (χ3v) is 4.65. The van der Waals surface area contributed by atoms with Crippen LogP contribution in [0.2, 0.25) is 0 Å². The lowest BCUT2D eigenvalue weighted by Crippen LogP contribution is -2.46. The number of benzene rings is 2. The second-order valence-corrected chi connectivity index (χ2v) is 7.65. The van der Waals surface area contributed by atoms with Crippen molar-refractivity contribution in [2.75, 3.05) is 0 Å². The Bertz CT molecular complexity index is 749. The van der Waals surface area contributed by atoms with Gasteiger partial charge in [0.2, 0.25) is 0 Å². The van der Waals surface area contributed by atoms with E-state index in [1.807, 2.05) is 30.3 Å². The molecule has 0 aromatic heterocycles. The molecule has 1 aliphatic heterocycles. The summed E-state index contributed by atoms with van der Waals surface area (Å²) < 4.78 is 6.27. The molecule has 0 aliphatic carbocycles. The highest BCUT2D eigenvalue weighted by molar-refractivity contribution is 5.65. The van der Waals surface area contributed by atoms with Gasteiger partial charge in [-0.1, -0.05) is 69.3 Å². The number of ether oxygens (including phenoxy) is 1. The van der Waals surface area contributed by atoms with E-state index in [0.29, 0.717) is 6.42 Å². The molecule has 0 saturated carbocycles. The number of nitrogens with one attached hydrogen (secondary N) is 1. The van der Waals surface area contributed by atoms with E-state index in [9.17, 15) is 9.90 Å². The van der Waals surface area contributed by atoms with Gasteiger partial charge in [0.15, 0.2) is 0 Å². The van der Waals surface area contributed by atoms with Crippen molar-refractivity contribution in [3.05, 3.63) is 65.2 Å². The molecule has 0 spiro atoms. The molecule has 2 atom stereocenters. The lowest BCUT2D eigenvalue weighted by Gasteiger charge is -2.25. The van der Waals surface area contributed by atoms with Crippen molar-refractivity contribution < 1.29 is 14.6 Å². The predicted octanol–water partition coefficient (Wildman–Crippen LogP) is 4.17. The van der Waals surface area contributed by atoms with E-state index in [2.05, 4.69) is 44.3 Å². The highest BCUT2D eigenvalue weighted by Crippen LogP contribution is 2.39. The van der Waals surface area contributed by atoms with Crippen molar-refractivity contribution in [2.24, 2.45) is 0 Å². The normalized spacial score (nSPS) is 17.5. The maximum absolute atomic E-state index is 11.3. The molecule has 4 nitrogen and oxygen atoms in total. The number of carbonyl (C=O) groups is 1. The molecule has 132 valence electrons. The van der Waals surface area contributed by atoms with E-state index >= 15 is 0 Å². The predicted molar refractivity (Wildman–Crippen MR) is 98.4 cm³/mol. The first-order valence-electron chi connectivity index (χ1n) is 8.67. The quantitative estimate of drug-likeness (QED) is 0.879. The van der Waals surface area contributed by atoms with Crippen molar-refractivity contribution in [1.82, 2.24) is 5.32 Å². The molecule has 0 bridgehead atoms. The first kappa shape index (κ1) is 17.3. The number of para-hydroxylation sites is 1. The Morgan fingerprint density at radius 1 is 1.20 bits per heavy atom. The molecule has 2 aromatic rings. The van der Waals surface area contributed by atoms with Gasteiger partial charge in [0, 0.05) is 6.42 Å². The Morgan fingerprint density at radius 3 is 2.56 bits per heavy atom. The number of amides is 1. The van der Waals surface area contributed by atoms with Crippen LogP contribution < -0.4 is 10.1 Å². The lowest BCUT2D eigenvalue weighted by molar-refractivity contribution is 0.152. The molecular weight excluding hydrogens is 314 g/mol. The van der Waals surface area contributed by atoms with Gasteiger partial charge >= 0.3 is 6.09 Å². The summed E-state index contributed by atoms with van der Waals surface area (Å²) in [7, 11) is 0. The fourth-order valence-electron chi connectivity index (χ4n) is 3.41. The monoisotopic (exact) mass is 339 g/mol. The molecule has 25 heavy (non-hydrogen) atoms. The topological polar surface area (TPSA) is 58.6 Å². The van der Waals surface area contributed by atoms with Crippen molar-refractivity contribution in [2.45, 2.75) is 51.2 Å². The van der Waals surface area contributed by atoms with E-state index in [1.54, 1.807) is 0 Å². The Hall–Kier alpha value is -2.49. The number of fused-ring (bicyclic) bond motifs is 1. The fourth-order valence-corrected chi connectivity index (χ4v) is 3.41. The van der Waals surface area contributed by atoms with Gasteiger partial charge in [0.25, 0.3) is 0 Å². The summed E-state index contributed by atoms with van der Waals surface area (Å²) in [6.45, 7) is 6.49. The molecule has 4 heteroatoms. The minimum atomic E-state index is -1.02. The summed E-state index contributed by atoms with van der Waals surface area (Å²) in [6.07, 6.45) is 0.111. The van der Waals surface area contributed by atoms with Crippen LogP contribution in [-0.2, 0) is 18.3 Å². The number of rotatable bonds is 4. The van der Waals surface area contributed by atoms with Crippen LogP contribution in [-0.4, -0.2) is 23.3 Å². The summed E-state index contributed by atoms with van der Waals surface area (Å²) in [6, 6.07) is 15.9. The number of hydrogen-bond acceptors (Lipinski definition) is 2. The summed E-state index contributed by atoms with van der Waals surface area (Å²) in [5, 5.41) is 11.9. The van der Waals surface area contributed by atoms with Crippen molar-refractivity contribution in [3.8, 4) is 5.75 Å². The van der Waals surface area contributed by atoms with Gasteiger partial charge in [-0.2, -0.15) is 0 Å². The van der Waals surface area contributed by atoms with Gasteiger partial charge in [-0.05, 0) is 28.5 Å². The smallest absolute Gasteiger partial charge is 0.405 e. The first-order valence-corrected chi connectivity index (χ1v) is 8.67. The molecule has 2 N–H and O–H groups in total. The maximum atomic E-state index is 11.3. The second kappa shape index (κ2) is 6.79. The molecular formula is C21H25NO3. The molecule has 2 aromatic carbocycles. The zero-order valence-corrected chi connectivity index (χ0v) is 15.0. The van der Waals surface area contributed by atoms with Crippen molar-refractivity contribution in [1.29, 1.82) is 0 Å². The van der Waals surface area contributed by atoms with Gasteiger partial charge in [-0.15, -0.1) is 0 Å². The van der Waals surface area contributed by atoms with Gasteiger partial charge in [-0.3, -0.25) is 0 Å². The third kappa shape index (κ3) is 3.95. The fraction of sp³-hybridized carbons (Fsp3) is 0.381. The van der Waals surface area contributed by atoms with Crippen molar-refractivity contribution in [3.63, 3.8) is 0 Å². The van der Waals surface area contributed by atoms with Crippen LogP contribution in [0.1, 0.15) is 37.5 Å². The SMILES string of the molecule is CC(C)(C)c1cccc2c1OC(C(Cc1ccccc1)NC(=O)O)C2. The molecule has 3 rings (SSSR count). The average molecular weight is 339 g/mol. The molecule has 1 amide bonds. The van der Waals surface area contributed by atoms with Gasteiger partial charge in [0.05, 0.1) is 6.04 Å². The average Bonchev–Trinajstić information content (AvgIpc) is 2.97. The maximum Gasteiger partial charge on any atom is 0.405 e. The molecule has 1 heterocycles. The second-order valence-electron chi connectivity index (χ2n) is 7.65. The van der Waals surface area contributed by atoms with Crippen LogP contribution >= 0.6 is 0 Å². The zero-order chi connectivity index (χ0) is 18.0. The van der Waals surface area contributed by atoms with E-state index in [4.69, 9.17) is 4.74 Å². The summed E-state index contributed by atoms with van der Waals surface area (Å²) in [4.78, 5) is 11.3. The standard InChI is InChI=1S/C21H25NO3/c1-21(2,3)16-11-7-10-15-13-18(25-19(15)16)17(22-20(23)24)12-14-8-5-4-6-9-14/h4-11,17-18,22H,12-13H2,1-3H3,(H,23,24). The Balaban J connectivity index is 1.85. The van der Waals surface area contributed by atoms with E-state index in [1.165, 1.54) is 5.56 Å². The summed E-state index contributed by atoms with van der Waals surface area (Å²) >= 11 is 0.